The second-order valence-electron chi connectivity index (χ2n) is 6.12. The first kappa shape index (κ1) is 22.9. The summed E-state index contributed by atoms with van der Waals surface area (Å²) >= 11 is 3.47. The Morgan fingerprint density at radius 3 is 2.50 bits per heavy atom. The number of carbonyl (C=O) groups excluding carboxylic acids is 2. The zero-order chi connectivity index (χ0) is 17.4. The van der Waals surface area contributed by atoms with Gasteiger partial charge in [0.1, 0.15) is 0 Å². The molecule has 1 aromatic rings. The lowest BCUT2D eigenvalue weighted by Crippen LogP contribution is -2.42. The largest absolute Gasteiger partial charge is 0.354 e. The molecular weight excluding hydrogens is 394 g/mol. The van der Waals surface area contributed by atoms with Gasteiger partial charge in [0.25, 0.3) is 0 Å². The summed E-state index contributed by atoms with van der Waals surface area (Å²) in [4.78, 5) is 25.6. The molecule has 24 heavy (non-hydrogen) atoms. The van der Waals surface area contributed by atoms with Crippen LogP contribution in [0.4, 0.5) is 0 Å². The SMILES string of the molecule is CC(C)C[C@H](N)C(=O)NCCC(=O)N(C)Cc1ccccc1Br.Cl. The van der Waals surface area contributed by atoms with Gasteiger partial charge in [-0.2, -0.15) is 0 Å². The molecule has 0 fully saturated rings. The predicted octanol–water partition coefficient (Wildman–Crippen LogP) is 2.71. The third-order valence-corrected chi connectivity index (χ3v) is 4.26. The van der Waals surface area contributed by atoms with Crippen LogP contribution in [0.2, 0.25) is 0 Å². The molecule has 0 unspecified atom stereocenters. The number of amides is 2. The Balaban J connectivity index is 0.00000529. The number of carbonyl (C=O) groups is 2. The maximum Gasteiger partial charge on any atom is 0.236 e. The van der Waals surface area contributed by atoms with E-state index in [1.165, 1.54) is 0 Å². The Labute approximate surface area is 158 Å². The molecule has 2 amide bonds. The molecule has 0 saturated heterocycles. The van der Waals surface area contributed by atoms with Gasteiger partial charge in [0, 0.05) is 31.0 Å². The number of rotatable bonds is 8. The van der Waals surface area contributed by atoms with Gasteiger partial charge in [0.15, 0.2) is 0 Å². The molecule has 7 heteroatoms. The lowest BCUT2D eigenvalue weighted by atomic mass is 10.0. The highest BCUT2D eigenvalue weighted by Crippen LogP contribution is 2.17. The number of halogens is 2. The second-order valence-corrected chi connectivity index (χ2v) is 6.97. The maximum absolute atomic E-state index is 12.1. The van der Waals surface area contributed by atoms with Crippen LogP contribution in [0.15, 0.2) is 28.7 Å². The van der Waals surface area contributed by atoms with E-state index in [1.807, 2.05) is 38.1 Å². The van der Waals surface area contributed by atoms with Crippen molar-refractivity contribution in [3.8, 4) is 0 Å². The summed E-state index contributed by atoms with van der Waals surface area (Å²) in [5, 5.41) is 2.73. The van der Waals surface area contributed by atoms with Crippen LogP contribution in [0.1, 0.15) is 32.3 Å². The number of nitrogens with two attached hydrogens (primary N) is 1. The molecule has 0 aliphatic carbocycles. The van der Waals surface area contributed by atoms with Crippen LogP contribution in [0.25, 0.3) is 0 Å². The summed E-state index contributed by atoms with van der Waals surface area (Å²) in [7, 11) is 1.76. The molecule has 1 rings (SSSR count). The highest BCUT2D eigenvalue weighted by molar-refractivity contribution is 9.10. The molecule has 5 nitrogen and oxygen atoms in total. The van der Waals surface area contributed by atoms with Gasteiger partial charge in [-0.3, -0.25) is 9.59 Å². The zero-order valence-electron chi connectivity index (χ0n) is 14.4. The molecule has 0 spiro atoms. The second kappa shape index (κ2) is 11.4. The molecule has 1 atom stereocenters. The van der Waals surface area contributed by atoms with Crippen LogP contribution < -0.4 is 11.1 Å². The predicted molar refractivity (Wildman–Crippen MR) is 103 cm³/mol. The van der Waals surface area contributed by atoms with E-state index in [-0.39, 0.29) is 30.6 Å². The van der Waals surface area contributed by atoms with Gasteiger partial charge in [-0.15, -0.1) is 12.4 Å². The molecule has 0 aromatic heterocycles. The Kier molecular flexibility index (Phi) is 10.9. The van der Waals surface area contributed by atoms with Crippen LogP contribution in [0.5, 0.6) is 0 Å². The van der Waals surface area contributed by atoms with Gasteiger partial charge < -0.3 is 16.0 Å². The van der Waals surface area contributed by atoms with Gasteiger partial charge in [-0.05, 0) is 24.0 Å². The Morgan fingerprint density at radius 1 is 1.29 bits per heavy atom. The molecule has 0 aliphatic heterocycles. The average molecular weight is 421 g/mol. The number of nitrogens with zero attached hydrogens (tertiary/aromatic N) is 1. The molecule has 0 saturated carbocycles. The van der Waals surface area contributed by atoms with E-state index < -0.39 is 6.04 Å². The highest BCUT2D eigenvalue weighted by Gasteiger charge is 2.16. The van der Waals surface area contributed by atoms with Crippen molar-refractivity contribution < 1.29 is 9.59 Å². The van der Waals surface area contributed by atoms with E-state index in [0.29, 0.717) is 25.4 Å². The van der Waals surface area contributed by atoms with Crippen molar-refractivity contribution in [2.75, 3.05) is 13.6 Å². The smallest absolute Gasteiger partial charge is 0.236 e. The van der Waals surface area contributed by atoms with E-state index in [4.69, 9.17) is 5.73 Å². The van der Waals surface area contributed by atoms with Crippen molar-refractivity contribution in [1.29, 1.82) is 0 Å². The lowest BCUT2D eigenvalue weighted by molar-refractivity contribution is -0.130. The van der Waals surface area contributed by atoms with Gasteiger partial charge in [0.2, 0.25) is 11.8 Å². The van der Waals surface area contributed by atoms with Crippen LogP contribution in [-0.4, -0.2) is 36.3 Å². The fourth-order valence-corrected chi connectivity index (χ4v) is 2.61. The van der Waals surface area contributed by atoms with E-state index in [1.54, 1.807) is 11.9 Å². The van der Waals surface area contributed by atoms with Crippen molar-refractivity contribution in [3.63, 3.8) is 0 Å². The molecule has 0 aliphatic rings. The van der Waals surface area contributed by atoms with E-state index in [9.17, 15) is 9.59 Å². The first-order chi connectivity index (χ1) is 10.8. The van der Waals surface area contributed by atoms with Gasteiger partial charge >= 0.3 is 0 Å². The van der Waals surface area contributed by atoms with Crippen LogP contribution in [-0.2, 0) is 16.1 Å². The first-order valence-electron chi connectivity index (χ1n) is 7.82. The van der Waals surface area contributed by atoms with E-state index >= 15 is 0 Å². The topological polar surface area (TPSA) is 75.4 Å². The van der Waals surface area contributed by atoms with Crippen molar-refractivity contribution in [3.05, 3.63) is 34.3 Å². The fourth-order valence-electron chi connectivity index (χ4n) is 2.20. The molecular formula is C17H27BrClN3O2. The van der Waals surface area contributed by atoms with Crippen molar-refractivity contribution >= 4 is 40.2 Å². The Hall–Kier alpha value is -1.11. The molecule has 1 aromatic carbocycles. The van der Waals surface area contributed by atoms with E-state index in [2.05, 4.69) is 21.2 Å². The standard InChI is InChI=1S/C17H26BrN3O2.ClH/c1-12(2)10-15(19)17(23)20-9-8-16(22)21(3)11-13-6-4-5-7-14(13)18;/h4-7,12,15H,8-11,19H2,1-3H3,(H,20,23);1H/t15-;/m0./s1. The molecule has 0 radical (unpaired) electrons. The normalized spacial score (nSPS) is 11.6. The Bertz CT molecular complexity index is 540. The minimum absolute atomic E-state index is 0. The molecule has 3 N–H and O–H groups in total. The molecule has 0 bridgehead atoms. The molecule has 0 heterocycles. The van der Waals surface area contributed by atoms with Gasteiger partial charge in [0.05, 0.1) is 6.04 Å². The minimum Gasteiger partial charge on any atom is -0.354 e. The van der Waals surface area contributed by atoms with Gasteiger partial charge in [-0.25, -0.2) is 0 Å². The van der Waals surface area contributed by atoms with Crippen LogP contribution in [0.3, 0.4) is 0 Å². The monoisotopic (exact) mass is 419 g/mol. The third kappa shape index (κ3) is 8.13. The van der Waals surface area contributed by atoms with E-state index in [0.717, 1.165) is 10.0 Å². The van der Waals surface area contributed by atoms with Crippen molar-refractivity contribution in [2.24, 2.45) is 11.7 Å². The summed E-state index contributed by atoms with van der Waals surface area (Å²) in [5.41, 5.74) is 6.85. The zero-order valence-corrected chi connectivity index (χ0v) is 16.8. The summed E-state index contributed by atoms with van der Waals surface area (Å²) < 4.78 is 0.979. The number of hydrogen-bond donors (Lipinski definition) is 2. The number of nitrogens with one attached hydrogen (secondary N) is 1. The van der Waals surface area contributed by atoms with Crippen LogP contribution in [0, 0.1) is 5.92 Å². The summed E-state index contributed by atoms with van der Waals surface area (Å²) in [6.07, 6.45) is 0.906. The quantitative estimate of drug-likeness (QED) is 0.679. The third-order valence-electron chi connectivity index (χ3n) is 3.49. The lowest BCUT2D eigenvalue weighted by Gasteiger charge is -2.19. The maximum atomic E-state index is 12.1. The summed E-state index contributed by atoms with van der Waals surface area (Å²) in [5.74, 6) is 0.159. The molecule has 136 valence electrons. The minimum atomic E-state index is -0.511. The fraction of sp³-hybridized carbons (Fsp3) is 0.529. The van der Waals surface area contributed by atoms with Crippen molar-refractivity contribution in [2.45, 2.75) is 39.3 Å². The van der Waals surface area contributed by atoms with Crippen molar-refractivity contribution in [1.82, 2.24) is 10.2 Å². The number of benzene rings is 1. The number of hydrogen-bond acceptors (Lipinski definition) is 3. The summed E-state index contributed by atoms with van der Waals surface area (Å²) in [6.45, 7) is 4.88. The Morgan fingerprint density at radius 2 is 1.92 bits per heavy atom. The first-order valence-corrected chi connectivity index (χ1v) is 8.61. The summed E-state index contributed by atoms with van der Waals surface area (Å²) in [6, 6.07) is 7.29. The van der Waals surface area contributed by atoms with Crippen LogP contribution >= 0.6 is 28.3 Å². The average Bonchev–Trinajstić information content (AvgIpc) is 2.48. The highest BCUT2D eigenvalue weighted by atomic mass is 79.9. The van der Waals surface area contributed by atoms with Gasteiger partial charge in [-0.1, -0.05) is 48.0 Å².